The Hall–Kier alpha value is -2.82. The molecule has 0 radical (unpaired) electrons. The van der Waals surface area contributed by atoms with Gasteiger partial charge in [0.15, 0.2) is 0 Å². The number of fused-ring (bicyclic) bond motifs is 1. The van der Waals surface area contributed by atoms with Crippen molar-refractivity contribution in [3.8, 4) is 0 Å². The summed E-state index contributed by atoms with van der Waals surface area (Å²) < 4.78 is 2.41. The van der Waals surface area contributed by atoms with Gasteiger partial charge in [-0.1, -0.05) is 32.9 Å². The maximum atomic E-state index is 13.1. The molecule has 1 saturated heterocycles. The van der Waals surface area contributed by atoms with Crippen LogP contribution in [0.1, 0.15) is 81.3 Å². The highest BCUT2D eigenvalue weighted by Gasteiger charge is 2.29. The first-order valence-electron chi connectivity index (χ1n) is 13.2. The highest BCUT2D eigenvalue weighted by molar-refractivity contribution is 5.98. The number of aryl methyl sites for hydroxylation is 1. The topological polar surface area (TPSA) is 50.2 Å². The second-order valence-corrected chi connectivity index (χ2v) is 10.6. The van der Waals surface area contributed by atoms with Crippen LogP contribution in [0.25, 0.3) is 11.0 Å². The zero-order chi connectivity index (χ0) is 23.7. The quantitative estimate of drug-likeness (QED) is 0.449. The summed E-state index contributed by atoms with van der Waals surface area (Å²) >= 11 is 0. The summed E-state index contributed by atoms with van der Waals surface area (Å²) in [5.41, 5.74) is 5.16. The second kappa shape index (κ2) is 9.81. The van der Waals surface area contributed by atoms with E-state index in [0.717, 1.165) is 73.4 Å². The molecule has 1 saturated carbocycles. The lowest BCUT2D eigenvalue weighted by molar-refractivity contribution is 0.0724. The third-order valence-corrected chi connectivity index (χ3v) is 7.72. The van der Waals surface area contributed by atoms with Gasteiger partial charge in [-0.15, -0.1) is 0 Å². The molecular formula is C29H38N4O. The summed E-state index contributed by atoms with van der Waals surface area (Å²) in [7, 11) is 0. The molecule has 2 aliphatic rings. The SMILES string of the molecule is CCc1ccc(Nc2nc3cc(C(=O)N4CCCCC4)ccc3n2C2CC(C)CC(C)C2)cc1. The van der Waals surface area contributed by atoms with Crippen LogP contribution in [0.4, 0.5) is 11.6 Å². The Morgan fingerprint density at radius 1 is 0.971 bits per heavy atom. The smallest absolute Gasteiger partial charge is 0.253 e. The monoisotopic (exact) mass is 458 g/mol. The molecule has 5 rings (SSSR count). The van der Waals surface area contributed by atoms with E-state index in [-0.39, 0.29) is 5.91 Å². The summed E-state index contributed by atoms with van der Waals surface area (Å²) in [6.07, 6.45) is 8.07. The zero-order valence-corrected chi connectivity index (χ0v) is 20.9. The molecule has 2 unspecified atom stereocenters. The van der Waals surface area contributed by atoms with Crippen LogP contribution >= 0.6 is 0 Å². The number of amides is 1. The van der Waals surface area contributed by atoms with E-state index in [1.807, 2.05) is 17.0 Å². The number of anilines is 2. The summed E-state index contributed by atoms with van der Waals surface area (Å²) in [6.45, 7) is 8.64. The van der Waals surface area contributed by atoms with Crippen LogP contribution in [0.3, 0.4) is 0 Å². The molecule has 1 aliphatic heterocycles. The molecule has 180 valence electrons. The molecule has 2 fully saturated rings. The summed E-state index contributed by atoms with van der Waals surface area (Å²) in [5.74, 6) is 2.42. The van der Waals surface area contributed by atoms with E-state index in [9.17, 15) is 4.79 Å². The second-order valence-electron chi connectivity index (χ2n) is 10.6. The number of imidazole rings is 1. The van der Waals surface area contributed by atoms with Crippen LogP contribution in [0.2, 0.25) is 0 Å². The van der Waals surface area contributed by atoms with Crippen LogP contribution in [-0.2, 0) is 6.42 Å². The minimum absolute atomic E-state index is 0.140. The fourth-order valence-electron chi connectivity index (χ4n) is 6.04. The maximum absolute atomic E-state index is 13.1. The van der Waals surface area contributed by atoms with Gasteiger partial charge >= 0.3 is 0 Å². The number of nitrogens with zero attached hydrogens (tertiary/aromatic N) is 3. The predicted molar refractivity (Wildman–Crippen MR) is 140 cm³/mol. The minimum atomic E-state index is 0.140. The molecule has 0 spiro atoms. The minimum Gasteiger partial charge on any atom is -0.339 e. The molecular weight excluding hydrogens is 420 g/mol. The number of carbonyl (C=O) groups excluding carboxylic acids is 1. The first kappa shape index (κ1) is 22.9. The number of carbonyl (C=O) groups is 1. The normalized spacial score (nSPS) is 23.3. The molecule has 1 aromatic heterocycles. The summed E-state index contributed by atoms with van der Waals surface area (Å²) in [4.78, 5) is 20.2. The molecule has 2 aromatic carbocycles. The largest absolute Gasteiger partial charge is 0.339 e. The average molecular weight is 459 g/mol. The van der Waals surface area contributed by atoms with Crippen molar-refractivity contribution in [2.45, 2.75) is 71.8 Å². The first-order valence-corrected chi connectivity index (χ1v) is 13.2. The first-order chi connectivity index (χ1) is 16.5. The lowest BCUT2D eigenvalue weighted by atomic mass is 9.80. The van der Waals surface area contributed by atoms with Crippen molar-refractivity contribution in [2.24, 2.45) is 11.8 Å². The Kier molecular flexibility index (Phi) is 6.62. The van der Waals surface area contributed by atoms with E-state index >= 15 is 0 Å². The number of nitrogens with one attached hydrogen (secondary N) is 1. The highest BCUT2D eigenvalue weighted by Crippen LogP contribution is 2.40. The van der Waals surface area contributed by atoms with Crippen molar-refractivity contribution in [3.05, 3.63) is 53.6 Å². The number of hydrogen-bond donors (Lipinski definition) is 1. The van der Waals surface area contributed by atoms with E-state index in [1.54, 1.807) is 0 Å². The lowest BCUT2D eigenvalue weighted by Gasteiger charge is -2.33. The Morgan fingerprint density at radius 3 is 2.35 bits per heavy atom. The van der Waals surface area contributed by atoms with Crippen LogP contribution in [-0.4, -0.2) is 33.4 Å². The van der Waals surface area contributed by atoms with Crippen LogP contribution in [0.15, 0.2) is 42.5 Å². The van der Waals surface area contributed by atoms with E-state index in [4.69, 9.17) is 4.98 Å². The Morgan fingerprint density at radius 2 is 1.68 bits per heavy atom. The fraction of sp³-hybridized carbons (Fsp3) is 0.517. The third kappa shape index (κ3) is 4.70. The number of rotatable bonds is 5. The van der Waals surface area contributed by atoms with Crippen molar-refractivity contribution < 1.29 is 4.79 Å². The van der Waals surface area contributed by atoms with Crippen molar-refractivity contribution in [1.82, 2.24) is 14.5 Å². The van der Waals surface area contributed by atoms with Gasteiger partial charge in [0.2, 0.25) is 5.95 Å². The maximum Gasteiger partial charge on any atom is 0.253 e. The van der Waals surface area contributed by atoms with Gasteiger partial charge in [-0.05, 0) is 92.7 Å². The Bertz CT molecular complexity index is 1130. The van der Waals surface area contributed by atoms with Gasteiger partial charge in [0.1, 0.15) is 0 Å². The van der Waals surface area contributed by atoms with E-state index in [1.165, 1.54) is 18.4 Å². The number of benzene rings is 2. The van der Waals surface area contributed by atoms with Gasteiger partial charge < -0.3 is 14.8 Å². The van der Waals surface area contributed by atoms with Crippen LogP contribution in [0, 0.1) is 11.8 Å². The van der Waals surface area contributed by atoms with Gasteiger partial charge in [-0.3, -0.25) is 4.79 Å². The average Bonchev–Trinajstić information content (AvgIpc) is 3.21. The Balaban J connectivity index is 1.52. The molecule has 3 aromatic rings. The summed E-state index contributed by atoms with van der Waals surface area (Å²) in [6, 6.07) is 15.2. The van der Waals surface area contributed by atoms with Crippen molar-refractivity contribution in [1.29, 1.82) is 0 Å². The van der Waals surface area contributed by atoms with Crippen LogP contribution in [0.5, 0.6) is 0 Å². The van der Waals surface area contributed by atoms with Gasteiger partial charge in [-0.2, -0.15) is 0 Å². The lowest BCUT2D eigenvalue weighted by Crippen LogP contribution is -2.35. The molecule has 0 bridgehead atoms. The standard InChI is InChI=1S/C29H38N4O/c1-4-22-8-11-24(12-9-22)30-29-31-26-19-23(28(34)32-14-6-5-7-15-32)10-13-27(26)33(29)25-17-20(2)16-21(3)18-25/h8-13,19-21,25H,4-7,14-18H2,1-3H3,(H,30,31). The molecule has 1 amide bonds. The van der Waals surface area contributed by atoms with Gasteiger partial charge in [-0.25, -0.2) is 4.98 Å². The van der Waals surface area contributed by atoms with E-state index in [0.29, 0.717) is 17.9 Å². The third-order valence-electron chi connectivity index (χ3n) is 7.72. The molecule has 2 heterocycles. The number of aromatic nitrogens is 2. The number of likely N-dealkylation sites (tertiary alicyclic amines) is 1. The van der Waals surface area contributed by atoms with Gasteiger partial charge in [0, 0.05) is 30.4 Å². The van der Waals surface area contributed by atoms with E-state index in [2.05, 4.69) is 61.0 Å². The molecule has 1 N–H and O–H groups in total. The van der Waals surface area contributed by atoms with Crippen molar-refractivity contribution in [3.63, 3.8) is 0 Å². The molecule has 2 atom stereocenters. The predicted octanol–water partition coefficient (Wildman–Crippen LogP) is 6.97. The molecule has 5 nitrogen and oxygen atoms in total. The fourth-order valence-corrected chi connectivity index (χ4v) is 6.04. The van der Waals surface area contributed by atoms with Crippen molar-refractivity contribution in [2.75, 3.05) is 18.4 Å². The zero-order valence-electron chi connectivity index (χ0n) is 20.9. The van der Waals surface area contributed by atoms with E-state index < -0.39 is 0 Å². The van der Waals surface area contributed by atoms with Gasteiger partial charge in [0.25, 0.3) is 5.91 Å². The van der Waals surface area contributed by atoms with Crippen LogP contribution < -0.4 is 5.32 Å². The molecule has 1 aliphatic carbocycles. The van der Waals surface area contributed by atoms with Crippen molar-refractivity contribution >= 4 is 28.6 Å². The Labute approximate surface area is 203 Å². The highest BCUT2D eigenvalue weighted by atomic mass is 16.2. The summed E-state index contributed by atoms with van der Waals surface area (Å²) in [5, 5.41) is 3.61. The number of piperidine rings is 1. The molecule has 34 heavy (non-hydrogen) atoms. The number of hydrogen-bond acceptors (Lipinski definition) is 3. The molecule has 5 heteroatoms. The van der Waals surface area contributed by atoms with Gasteiger partial charge in [0.05, 0.1) is 11.0 Å².